The first-order chi connectivity index (χ1) is 7.94. The lowest BCUT2D eigenvalue weighted by Crippen LogP contribution is -2.23. The van der Waals surface area contributed by atoms with Gasteiger partial charge in [0, 0.05) is 16.7 Å². The van der Waals surface area contributed by atoms with Crippen molar-refractivity contribution in [1.29, 1.82) is 0 Å². The lowest BCUT2D eigenvalue weighted by molar-refractivity contribution is 0.248. The number of hydrogen-bond acceptors (Lipinski definition) is 3. The Kier molecular flexibility index (Phi) is 5.52. The second kappa shape index (κ2) is 6.44. The Morgan fingerprint density at radius 1 is 1.41 bits per heavy atom. The number of nitrogens with two attached hydrogens (primary N) is 1. The third-order valence-electron chi connectivity index (χ3n) is 2.78. The third kappa shape index (κ3) is 5.12. The predicted molar refractivity (Wildman–Crippen MR) is 82.2 cm³/mol. The van der Waals surface area contributed by atoms with E-state index in [0.717, 1.165) is 34.3 Å². The molecule has 0 saturated heterocycles. The average Bonchev–Trinajstić information content (AvgIpc) is 2.25. The van der Waals surface area contributed by atoms with Crippen LogP contribution in [0.15, 0.2) is 18.2 Å². The van der Waals surface area contributed by atoms with Crippen LogP contribution < -0.4 is 11.1 Å². The van der Waals surface area contributed by atoms with Crippen LogP contribution in [0.1, 0.15) is 26.7 Å². The first-order valence-corrected chi connectivity index (χ1v) is 6.92. The molecular formula is C13H21IN2O. The highest BCUT2D eigenvalue weighted by Crippen LogP contribution is 2.26. The molecule has 0 bridgehead atoms. The van der Waals surface area contributed by atoms with E-state index in [1.54, 1.807) is 0 Å². The summed E-state index contributed by atoms with van der Waals surface area (Å²) >= 11 is 2.25. The van der Waals surface area contributed by atoms with Crippen molar-refractivity contribution in [3.8, 4) is 0 Å². The van der Waals surface area contributed by atoms with Gasteiger partial charge in [0.2, 0.25) is 0 Å². The number of nitrogen functional groups attached to an aromatic ring is 1. The largest absolute Gasteiger partial charge is 0.397 e. The monoisotopic (exact) mass is 348 g/mol. The van der Waals surface area contributed by atoms with Gasteiger partial charge in [-0.2, -0.15) is 0 Å². The van der Waals surface area contributed by atoms with Crippen molar-refractivity contribution in [2.75, 3.05) is 24.2 Å². The Balaban J connectivity index is 2.54. The molecular weight excluding hydrogens is 327 g/mol. The number of halogens is 1. The second-order valence-corrected chi connectivity index (χ2v) is 6.32. The van der Waals surface area contributed by atoms with E-state index in [4.69, 9.17) is 10.8 Å². The van der Waals surface area contributed by atoms with Crippen molar-refractivity contribution >= 4 is 34.0 Å². The van der Waals surface area contributed by atoms with Crippen LogP contribution in [0.4, 0.5) is 11.4 Å². The van der Waals surface area contributed by atoms with Crippen LogP contribution in [-0.2, 0) is 0 Å². The molecule has 0 aromatic heterocycles. The number of nitrogens with one attached hydrogen (secondary N) is 1. The molecule has 0 amide bonds. The minimum atomic E-state index is 0.165. The van der Waals surface area contributed by atoms with E-state index in [1.807, 2.05) is 18.2 Å². The molecule has 1 aromatic carbocycles. The quantitative estimate of drug-likeness (QED) is 0.547. The Morgan fingerprint density at radius 2 is 2.12 bits per heavy atom. The smallest absolute Gasteiger partial charge is 0.0574 e. The lowest BCUT2D eigenvalue weighted by Gasteiger charge is -2.25. The molecule has 0 saturated carbocycles. The second-order valence-electron chi connectivity index (χ2n) is 5.08. The highest BCUT2D eigenvalue weighted by Gasteiger charge is 2.17. The summed E-state index contributed by atoms with van der Waals surface area (Å²) in [5.41, 5.74) is 7.88. The van der Waals surface area contributed by atoms with Crippen molar-refractivity contribution < 1.29 is 5.11 Å². The van der Waals surface area contributed by atoms with Crippen molar-refractivity contribution in [3.05, 3.63) is 21.8 Å². The maximum Gasteiger partial charge on any atom is 0.0574 e. The summed E-state index contributed by atoms with van der Waals surface area (Å²) < 4.78 is 1.14. The van der Waals surface area contributed by atoms with Gasteiger partial charge in [0.1, 0.15) is 0 Å². The summed E-state index contributed by atoms with van der Waals surface area (Å²) in [7, 11) is 0. The summed E-state index contributed by atoms with van der Waals surface area (Å²) in [6.07, 6.45) is 1.84. The summed E-state index contributed by atoms with van der Waals surface area (Å²) in [5.74, 6) is 0. The summed E-state index contributed by atoms with van der Waals surface area (Å²) in [6, 6.07) is 6.02. The fourth-order valence-electron chi connectivity index (χ4n) is 1.68. The highest BCUT2D eigenvalue weighted by molar-refractivity contribution is 14.1. The van der Waals surface area contributed by atoms with Crippen molar-refractivity contribution in [2.24, 2.45) is 5.41 Å². The molecule has 0 radical (unpaired) electrons. The Morgan fingerprint density at radius 3 is 2.71 bits per heavy atom. The van der Waals surface area contributed by atoms with Crippen LogP contribution in [0.3, 0.4) is 0 Å². The van der Waals surface area contributed by atoms with E-state index >= 15 is 0 Å². The Hall–Kier alpha value is -0.490. The molecule has 0 aliphatic rings. The molecule has 17 heavy (non-hydrogen) atoms. The fraction of sp³-hybridized carbons (Fsp3) is 0.538. The number of aliphatic hydroxyl groups excluding tert-OH is 1. The minimum absolute atomic E-state index is 0.165. The molecule has 4 N–H and O–H groups in total. The third-order valence-corrected chi connectivity index (χ3v) is 3.45. The maximum absolute atomic E-state index is 8.85. The van der Waals surface area contributed by atoms with Crippen molar-refractivity contribution in [2.45, 2.75) is 26.7 Å². The van der Waals surface area contributed by atoms with Crippen LogP contribution in [0, 0.1) is 8.99 Å². The van der Waals surface area contributed by atoms with Gasteiger partial charge in [-0.25, -0.2) is 0 Å². The van der Waals surface area contributed by atoms with Crippen LogP contribution in [0.2, 0.25) is 0 Å². The fourth-order valence-corrected chi connectivity index (χ4v) is 2.19. The van der Waals surface area contributed by atoms with Crippen molar-refractivity contribution in [1.82, 2.24) is 0 Å². The molecule has 1 rings (SSSR count). The average molecular weight is 348 g/mol. The SMILES string of the molecule is CC(C)(CCCO)CNc1ccc(I)cc1N. The zero-order valence-electron chi connectivity index (χ0n) is 10.5. The van der Waals surface area contributed by atoms with Crippen LogP contribution in [-0.4, -0.2) is 18.3 Å². The molecule has 0 unspecified atom stereocenters. The molecule has 0 atom stereocenters. The molecule has 1 aromatic rings. The topological polar surface area (TPSA) is 58.3 Å². The van der Waals surface area contributed by atoms with E-state index in [-0.39, 0.29) is 12.0 Å². The number of anilines is 2. The van der Waals surface area contributed by atoms with Gasteiger partial charge in [-0.1, -0.05) is 13.8 Å². The van der Waals surface area contributed by atoms with Crippen LogP contribution in [0.25, 0.3) is 0 Å². The first-order valence-electron chi connectivity index (χ1n) is 5.84. The Labute approximate surface area is 117 Å². The zero-order chi connectivity index (χ0) is 12.9. The molecule has 3 nitrogen and oxygen atoms in total. The van der Waals surface area contributed by atoms with E-state index in [9.17, 15) is 0 Å². The zero-order valence-corrected chi connectivity index (χ0v) is 12.6. The molecule has 0 aliphatic carbocycles. The molecule has 0 fully saturated rings. The van der Waals surface area contributed by atoms with Crippen LogP contribution >= 0.6 is 22.6 Å². The van der Waals surface area contributed by atoms with E-state index in [1.165, 1.54) is 0 Å². The molecule has 0 heterocycles. The number of rotatable bonds is 6. The normalized spacial score (nSPS) is 11.5. The van der Waals surface area contributed by atoms with Gasteiger partial charge >= 0.3 is 0 Å². The van der Waals surface area contributed by atoms with Gasteiger partial charge in [0.15, 0.2) is 0 Å². The number of aliphatic hydroxyl groups is 1. The summed E-state index contributed by atoms with van der Waals surface area (Å²) in [4.78, 5) is 0. The van der Waals surface area contributed by atoms with Gasteiger partial charge < -0.3 is 16.2 Å². The molecule has 4 heteroatoms. The number of hydrogen-bond donors (Lipinski definition) is 3. The molecule has 96 valence electrons. The van der Waals surface area contributed by atoms with Gasteiger partial charge in [0.05, 0.1) is 11.4 Å². The summed E-state index contributed by atoms with van der Waals surface area (Å²) in [5, 5.41) is 12.2. The van der Waals surface area contributed by atoms with Gasteiger partial charge in [0.25, 0.3) is 0 Å². The predicted octanol–water partition coefficient (Wildman–Crippen LogP) is 3.08. The van der Waals surface area contributed by atoms with Gasteiger partial charge in [-0.15, -0.1) is 0 Å². The lowest BCUT2D eigenvalue weighted by atomic mass is 9.88. The van der Waals surface area contributed by atoms with Gasteiger partial charge in [-0.3, -0.25) is 0 Å². The number of benzene rings is 1. The van der Waals surface area contributed by atoms with E-state index in [0.29, 0.717) is 0 Å². The van der Waals surface area contributed by atoms with E-state index < -0.39 is 0 Å². The molecule has 0 aliphatic heterocycles. The first kappa shape index (κ1) is 14.6. The minimum Gasteiger partial charge on any atom is -0.397 e. The van der Waals surface area contributed by atoms with E-state index in [2.05, 4.69) is 41.8 Å². The van der Waals surface area contributed by atoms with Crippen molar-refractivity contribution in [3.63, 3.8) is 0 Å². The summed E-state index contributed by atoms with van der Waals surface area (Å²) in [6.45, 7) is 5.50. The molecule has 0 spiro atoms. The van der Waals surface area contributed by atoms with Gasteiger partial charge in [-0.05, 0) is 59.0 Å². The standard InChI is InChI=1S/C13H21IN2O/c1-13(2,6-3-7-17)9-16-12-5-4-10(14)8-11(12)15/h4-5,8,16-17H,3,6-7,9,15H2,1-2H3. The Bertz CT molecular complexity index is 366. The maximum atomic E-state index is 8.85. The van der Waals surface area contributed by atoms with Crippen LogP contribution in [0.5, 0.6) is 0 Å². The highest BCUT2D eigenvalue weighted by atomic mass is 127.